The van der Waals surface area contributed by atoms with Gasteiger partial charge in [0.15, 0.2) is 0 Å². The first-order valence-electron chi connectivity index (χ1n) is 6.27. The summed E-state index contributed by atoms with van der Waals surface area (Å²) >= 11 is 0. The minimum Gasteiger partial charge on any atom is -0.426 e. The number of hydrogen-bond acceptors (Lipinski definition) is 2. The van der Waals surface area contributed by atoms with Crippen LogP contribution in [0.3, 0.4) is 0 Å². The van der Waals surface area contributed by atoms with E-state index in [2.05, 4.69) is 13.8 Å². The van der Waals surface area contributed by atoms with Crippen molar-refractivity contribution in [2.45, 2.75) is 20.3 Å². The molecule has 0 aliphatic heterocycles. The molecule has 1 atom stereocenters. The van der Waals surface area contributed by atoms with Crippen molar-refractivity contribution in [1.82, 2.24) is 0 Å². The molecule has 3 rings (SSSR count). The van der Waals surface area contributed by atoms with E-state index in [0.29, 0.717) is 5.75 Å². The molecule has 92 valence electrons. The van der Waals surface area contributed by atoms with Gasteiger partial charge >= 0.3 is 5.97 Å². The van der Waals surface area contributed by atoms with Crippen LogP contribution >= 0.6 is 0 Å². The fourth-order valence-corrected chi connectivity index (χ4v) is 2.33. The van der Waals surface area contributed by atoms with E-state index in [4.69, 9.17) is 4.74 Å². The van der Waals surface area contributed by atoms with Crippen molar-refractivity contribution < 1.29 is 9.53 Å². The lowest BCUT2D eigenvalue weighted by atomic mass is 10.1. The van der Waals surface area contributed by atoms with E-state index in [-0.39, 0.29) is 17.3 Å². The number of rotatable bonds is 2. The standard InChI is InChI=1S/C16H16O2/c1-16(2)10-13(16)15(17)18-14-9-5-7-11-6-3-4-8-12(11)14/h3-9,13H,10H2,1-2H3. The largest absolute Gasteiger partial charge is 0.426 e. The summed E-state index contributed by atoms with van der Waals surface area (Å²) in [5.41, 5.74) is 0.113. The van der Waals surface area contributed by atoms with Gasteiger partial charge in [0.2, 0.25) is 0 Å². The predicted octanol–water partition coefficient (Wildman–Crippen LogP) is 3.79. The van der Waals surface area contributed by atoms with Crippen LogP contribution in [0.5, 0.6) is 5.75 Å². The summed E-state index contributed by atoms with van der Waals surface area (Å²) in [5, 5.41) is 2.09. The van der Waals surface area contributed by atoms with Crippen molar-refractivity contribution in [1.29, 1.82) is 0 Å². The molecule has 0 N–H and O–H groups in total. The lowest BCUT2D eigenvalue weighted by Crippen LogP contribution is -2.13. The highest BCUT2D eigenvalue weighted by atomic mass is 16.5. The van der Waals surface area contributed by atoms with Gasteiger partial charge in [-0.1, -0.05) is 50.2 Å². The summed E-state index contributed by atoms with van der Waals surface area (Å²) in [5.74, 6) is 0.619. The van der Waals surface area contributed by atoms with Crippen LogP contribution in [-0.2, 0) is 4.79 Å². The second kappa shape index (κ2) is 3.84. The van der Waals surface area contributed by atoms with Crippen molar-refractivity contribution in [3.63, 3.8) is 0 Å². The molecule has 0 aromatic heterocycles. The van der Waals surface area contributed by atoms with Crippen molar-refractivity contribution >= 4 is 16.7 Å². The Morgan fingerprint density at radius 1 is 1.17 bits per heavy atom. The van der Waals surface area contributed by atoms with Crippen LogP contribution in [0.25, 0.3) is 10.8 Å². The van der Waals surface area contributed by atoms with Gasteiger partial charge in [0.05, 0.1) is 5.92 Å². The van der Waals surface area contributed by atoms with Crippen LogP contribution in [0.15, 0.2) is 42.5 Å². The Balaban J connectivity index is 1.89. The van der Waals surface area contributed by atoms with Gasteiger partial charge in [0.1, 0.15) is 5.75 Å². The van der Waals surface area contributed by atoms with Gasteiger partial charge in [-0.25, -0.2) is 0 Å². The van der Waals surface area contributed by atoms with E-state index >= 15 is 0 Å². The van der Waals surface area contributed by atoms with Crippen LogP contribution in [-0.4, -0.2) is 5.97 Å². The maximum absolute atomic E-state index is 12.0. The summed E-state index contributed by atoms with van der Waals surface area (Å²) in [6, 6.07) is 13.7. The third-order valence-corrected chi connectivity index (χ3v) is 3.76. The van der Waals surface area contributed by atoms with Crippen LogP contribution < -0.4 is 4.74 Å². The Kier molecular flexibility index (Phi) is 2.40. The Hall–Kier alpha value is -1.83. The molecule has 1 aliphatic rings. The number of esters is 1. The topological polar surface area (TPSA) is 26.3 Å². The minimum absolute atomic E-state index is 0.0523. The fraction of sp³-hybridized carbons (Fsp3) is 0.312. The Morgan fingerprint density at radius 2 is 1.83 bits per heavy atom. The molecule has 0 heterocycles. The predicted molar refractivity (Wildman–Crippen MR) is 71.5 cm³/mol. The average Bonchev–Trinajstić information content (AvgIpc) is 2.99. The van der Waals surface area contributed by atoms with Crippen molar-refractivity contribution in [3.8, 4) is 5.75 Å². The first-order valence-corrected chi connectivity index (χ1v) is 6.27. The Morgan fingerprint density at radius 3 is 2.56 bits per heavy atom. The summed E-state index contributed by atoms with van der Waals surface area (Å²) < 4.78 is 5.55. The van der Waals surface area contributed by atoms with Gasteiger partial charge in [-0.15, -0.1) is 0 Å². The van der Waals surface area contributed by atoms with Crippen LogP contribution in [0, 0.1) is 11.3 Å². The number of carbonyl (C=O) groups excluding carboxylic acids is 1. The molecule has 2 heteroatoms. The highest BCUT2D eigenvalue weighted by Gasteiger charge is 2.51. The molecule has 0 bridgehead atoms. The molecule has 18 heavy (non-hydrogen) atoms. The van der Waals surface area contributed by atoms with Crippen molar-refractivity contribution in [2.24, 2.45) is 11.3 Å². The van der Waals surface area contributed by atoms with Gasteiger partial charge in [-0.2, -0.15) is 0 Å². The molecular formula is C16H16O2. The third kappa shape index (κ3) is 1.88. The van der Waals surface area contributed by atoms with Gasteiger partial charge in [0.25, 0.3) is 0 Å². The average molecular weight is 240 g/mol. The van der Waals surface area contributed by atoms with E-state index in [9.17, 15) is 4.79 Å². The van der Waals surface area contributed by atoms with E-state index in [1.807, 2.05) is 42.5 Å². The zero-order valence-electron chi connectivity index (χ0n) is 10.6. The van der Waals surface area contributed by atoms with Gasteiger partial charge in [-0.3, -0.25) is 4.79 Å². The number of fused-ring (bicyclic) bond motifs is 1. The smallest absolute Gasteiger partial charge is 0.314 e. The fourth-order valence-electron chi connectivity index (χ4n) is 2.33. The van der Waals surface area contributed by atoms with Gasteiger partial charge in [-0.05, 0) is 23.3 Å². The van der Waals surface area contributed by atoms with E-state index in [1.54, 1.807) is 0 Å². The third-order valence-electron chi connectivity index (χ3n) is 3.76. The quantitative estimate of drug-likeness (QED) is 0.589. The second-order valence-electron chi connectivity index (χ2n) is 5.64. The zero-order chi connectivity index (χ0) is 12.8. The maximum Gasteiger partial charge on any atom is 0.314 e. The van der Waals surface area contributed by atoms with Crippen molar-refractivity contribution in [3.05, 3.63) is 42.5 Å². The summed E-state index contributed by atoms with van der Waals surface area (Å²) in [7, 11) is 0. The molecule has 1 saturated carbocycles. The van der Waals surface area contributed by atoms with Crippen LogP contribution in [0.4, 0.5) is 0 Å². The summed E-state index contributed by atoms with van der Waals surface area (Å²) in [6.45, 7) is 4.20. The molecule has 1 unspecified atom stereocenters. The number of ether oxygens (including phenoxy) is 1. The first-order chi connectivity index (χ1) is 8.58. The molecule has 0 spiro atoms. The molecule has 0 radical (unpaired) electrons. The SMILES string of the molecule is CC1(C)CC1C(=O)Oc1cccc2ccccc12. The lowest BCUT2D eigenvalue weighted by molar-refractivity contribution is -0.136. The Bertz CT molecular complexity index is 608. The summed E-state index contributed by atoms with van der Waals surface area (Å²) in [4.78, 5) is 12.0. The number of benzene rings is 2. The molecule has 0 amide bonds. The molecule has 1 fully saturated rings. The molecule has 0 saturated heterocycles. The minimum atomic E-state index is -0.101. The van der Waals surface area contributed by atoms with E-state index in [1.165, 1.54) is 0 Å². The molecule has 2 nitrogen and oxygen atoms in total. The van der Waals surface area contributed by atoms with Gasteiger partial charge in [0, 0.05) is 5.39 Å². The second-order valence-corrected chi connectivity index (χ2v) is 5.64. The van der Waals surface area contributed by atoms with Crippen molar-refractivity contribution in [2.75, 3.05) is 0 Å². The Labute approximate surface area is 107 Å². The summed E-state index contributed by atoms with van der Waals surface area (Å²) in [6.07, 6.45) is 0.927. The lowest BCUT2D eigenvalue weighted by Gasteiger charge is -2.08. The van der Waals surface area contributed by atoms with E-state index in [0.717, 1.165) is 17.2 Å². The monoisotopic (exact) mass is 240 g/mol. The van der Waals surface area contributed by atoms with E-state index < -0.39 is 0 Å². The van der Waals surface area contributed by atoms with Crippen LogP contribution in [0.2, 0.25) is 0 Å². The highest BCUT2D eigenvalue weighted by molar-refractivity contribution is 5.91. The normalized spacial score (nSPS) is 20.7. The first kappa shape index (κ1) is 11.3. The number of hydrogen-bond donors (Lipinski definition) is 0. The van der Waals surface area contributed by atoms with Crippen LogP contribution in [0.1, 0.15) is 20.3 Å². The zero-order valence-corrected chi connectivity index (χ0v) is 10.6. The molecule has 1 aliphatic carbocycles. The van der Waals surface area contributed by atoms with Gasteiger partial charge < -0.3 is 4.74 Å². The molecule has 2 aromatic carbocycles. The molecule has 2 aromatic rings. The molecular weight excluding hydrogens is 224 g/mol. The highest BCUT2D eigenvalue weighted by Crippen LogP contribution is 2.52. The maximum atomic E-state index is 12.0. The number of carbonyl (C=O) groups is 1.